The number of carbonyl (C=O) groups is 1. The summed E-state index contributed by atoms with van der Waals surface area (Å²) in [5, 5.41) is 2.64. The number of benzene rings is 1. The highest BCUT2D eigenvalue weighted by Crippen LogP contribution is 2.33. The van der Waals surface area contributed by atoms with Gasteiger partial charge in [-0.2, -0.15) is 0 Å². The van der Waals surface area contributed by atoms with E-state index < -0.39 is 5.82 Å². The summed E-state index contributed by atoms with van der Waals surface area (Å²) < 4.78 is 14.9. The standard InChI is InChI=1S/C14H17BrFN3OS/c1-18-14(20)10-4-2-3-7-19(10)9-6-5-8(13(17)21)11(15)12(9)16/h5-6,10H,2-4,7H2,1H3,(H2,17,21)(H,18,20). The molecule has 0 saturated carbocycles. The highest BCUT2D eigenvalue weighted by atomic mass is 79.9. The second-order valence-corrected chi connectivity index (χ2v) is 6.18. The van der Waals surface area contributed by atoms with Crippen molar-refractivity contribution >= 4 is 44.7 Å². The molecule has 21 heavy (non-hydrogen) atoms. The minimum absolute atomic E-state index is 0.0938. The molecule has 114 valence electrons. The Bertz CT molecular complexity index is 582. The van der Waals surface area contributed by atoms with Crippen molar-refractivity contribution in [1.29, 1.82) is 0 Å². The first-order valence-electron chi connectivity index (χ1n) is 6.73. The fraction of sp³-hybridized carbons (Fsp3) is 0.429. The molecule has 1 aromatic carbocycles. The van der Waals surface area contributed by atoms with E-state index in [4.69, 9.17) is 18.0 Å². The predicted octanol–water partition coefficient (Wildman–Crippen LogP) is 2.33. The van der Waals surface area contributed by atoms with Crippen molar-refractivity contribution in [3.8, 4) is 0 Å². The molecule has 1 aromatic rings. The molecular formula is C14H17BrFN3OS. The number of nitrogens with zero attached hydrogens (tertiary/aromatic N) is 1. The number of amides is 1. The predicted molar refractivity (Wildman–Crippen MR) is 89.0 cm³/mol. The molecule has 3 N–H and O–H groups in total. The minimum atomic E-state index is -0.434. The van der Waals surface area contributed by atoms with Crippen molar-refractivity contribution < 1.29 is 9.18 Å². The maximum atomic E-state index is 14.6. The van der Waals surface area contributed by atoms with Gasteiger partial charge in [0.1, 0.15) is 11.0 Å². The number of thiocarbonyl (C=S) groups is 1. The van der Waals surface area contributed by atoms with Gasteiger partial charge in [-0.15, -0.1) is 0 Å². The Morgan fingerprint density at radius 1 is 1.52 bits per heavy atom. The number of carbonyl (C=O) groups excluding carboxylic acids is 1. The molecule has 1 fully saturated rings. The topological polar surface area (TPSA) is 58.4 Å². The number of nitrogens with one attached hydrogen (secondary N) is 1. The van der Waals surface area contributed by atoms with Gasteiger partial charge in [0.15, 0.2) is 5.82 Å². The molecule has 1 saturated heterocycles. The van der Waals surface area contributed by atoms with E-state index in [1.165, 1.54) is 0 Å². The van der Waals surface area contributed by atoms with Crippen LogP contribution in [-0.4, -0.2) is 30.5 Å². The average molecular weight is 374 g/mol. The maximum Gasteiger partial charge on any atom is 0.242 e. The van der Waals surface area contributed by atoms with Gasteiger partial charge in [0.2, 0.25) is 5.91 Å². The van der Waals surface area contributed by atoms with E-state index in [-0.39, 0.29) is 21.4 Å². The van der Waals surface area contributed by atoms with Gasteiger partial charge in [0, 0.05) is 19.2 Å². The average Bonchev–Trinajstić information content (AvgIpc) is 2.49. The molecule has 1 aliphatic heterocycles. The van der Waals surface area contributed by atoms with Crippen molar-refractivity contribution in [1.82, 2.24) is 5.32 Å². The van der Waals surface area contributed by atoms with Crippen LogP contribution in [0.3, 0.4) is 0 Å². The lowest BCUT2D eigenvalue weighted by molar-refractivity contribution is -0.122. The van der Waals surface area contributed by atoms with Crippen LogP contribution in [0.1, 0.15) is 24.8 Å². The third-order valence-corrected chi connectivity index (χ3v) is 4.68. The van der Waals surface area contributed by atoms with E-state index in [2.05, 4.69) is 21.2 Å². The summed E-state index contributed by atoms with van der Waals surface area (Å²) in [5.41, 5.74) is 6.42. The molecule has 0 aliphatic carbocycles. The first-order chi connectivity index (χ1) is 9.97. The molecule has 1 atom stereocenters. The summed E-state index contributed by atoms with van der Waals surface area (Å²) >= 11 is 8.10. The van der Waals surface area contributed by atoms with E-state index in [0.29, 0.717) is 24.2 Å². The molecule has 0 spiro atoms. The number of hydrogen-bond acceptors (Lipinski definition) is 3. The van der Waals surface area contributed by atoms with E-state index >= 15 is 0 Å². The Morgan fingerprint density at radius 2 is 2.24 bits per heavy atom. The zero-order chi connectivity index (χ0) is 15.6. The Labute approximate surface area is 137 Å². The van der Waals surface area contributed by atoms with Crippen LogP contribution in [0.5, 0.6) is 0 Å². The van der Waals surface area contributed by atoms with Crippen LogP contribution in [0.25, 0.3) is 0 Å². The van der Waals surface area contributed by atoms with Gasteiger partial charge >= 0.3 is 0 Å². The fourth-order valence-corrected chi connectivity index (χ4v) is 3.46. The van der Waals surface area contributed by atoms with E-state index in [1.807, 2.05) is 4.90 Å². The number of anilines is 1. The number of piperidine rings is 1. The summed E-state index contributed by atoms with van der Waals surface area (Å²) in [4.78, 5) is 13.9. The van der Waals surface area contributed by atoms with Crippen molar-refractivity contribution in [2.45, 2.75) is 25.3 Å². The summed E-state index contributed by atoms with van der Waals surface area (Å²) in [5.74, 6) is -0.528. The summed E-state index contributed by atoms with van der Waals surface area (Å²) in [7, 11) is 1.59. The second-order valence-electron chi connectivity index (χ2n) is 4.94. The van der Waals surface area contributed by atoms with Crippen LogP contribution < -0.4 is 16.0 Å². The Hall–Kier alpha value is -1.21. The quantitative estimate of drug-likeness (QED) is 0.798. The smallest absolute Gasteiger partial charge is 0.242 e. The largest absolute Gasteiger partial charge is 0.389 e. The van der Waals surface area contributed by atoms with Crippen LogP contribution in [0.15, 0.2) is 16.6 Å². The lowest BCUT2D eigenvalue weighted by atomic mass is 10.00. The fourth-order valence-electron chi connectivity index (χ4n) is 2.61. The highest BCUT2D eigenvalue weighted by Gasteiger charge is 2.30. The van der Waals surface area contributed by atoms with E-state index in [0.717, 1.165) is 12.8 Å². The molecule has 0 bridgehead atoms. The number of hydrogen-bond donors (Lipinski definition) is 2. The normalized spacial score (nSPS) is 18.4. The first-order valence-corrected chi connectivity index (χ1v) is 7.93. The van der Waals surface area contributed by atoms with Gasteiger partial charge in [0.05, 0.1) is 10.2 Å². The number of halogens is 2. The van der Waals surface area contributed by atoms with Gasteiger partial charge in [-0.05, 0) is 47.3 Å². The first kappa shape index (κ1) is 16.2. The lowest BCUT2D eigenvalue weighted by Gasteiger charge is -2.36. The Balaban J connectivity index is 2.42. The zero-order valence-electron chi connectivity index (χ0n) is 11.7. The Morgan fingerprint density at radius 3 is 2.86 bits per heavy atom. The van der Waals surface area contributed by atoms with E-state index in [1.54, 1.807) is 19.2 Å². The third kappa shape index (κ3) is 3.18. The lowest BCUT2D eigenvalue weighted by Crippen LogP contribution is -2.49. The van der Waals surface area contributed by atoms with Crippen LogP contribution in [0, 0.1) is 5.82 Å². The molecule has 4 nitrogen and oxygen atoms in total. The van der Waals surface area contributed by atoms with Crippen LogP contribution in [0.2, 0.25) is 0 Å². The second kappa shape index (κ2) is 6.70. The van der Waals surface area contributed by atoms with Gasteiger partial charge in [-0.3, -0.25) is 4.79 Å². The molecule has 1 amide bonds. The van der Waals surface area contributed by atoms with Crippen LogP contribution >= 0.6 is 28.1 Å². The summed E-state index contributed by atoms with van der Waals surface area (Å²) in [6.07, 6.45) is 2.61. The molecule has 2 rings (SSSR count). The van der Waals surface area contributed by atoms with Crippen molar-refractivity contribution in [3.63, 3.8) is 0 Å². The summed E-state index contributed by atoms with van der Waals surface area (Å²) in [6, 6.07) is 2.97. The van der Waals surface area contributed by atoms with Crippen molar-refractivity contribution in [2.75, 3.05) is 18.5 Å². The van der Waals surface area contributed by atoms with Gasteiger partial charge in [-0.25, -0.2) is 4.39 Å². The maximum absolute atomic E-state index is 14.6. The Kier molecular flexibility index (Phi) is 5.16. The highest BCUT2D eigenvalue weighted by molar-refractivity contribution is 9.10. The molecule has 1 aliphatic rings. The third-order valence-electron chi connectivity index (χ3n) is 3.69. The van der Waals surface area contributed by atoms with Gasteiger partial charge in [-0.1, -0.05) is 12.2 Å². The molecule has 7 heteroatoms. The molecule has 1 unspecified atom stereocenters. The monoisotopic (exact) mass is 373 g/mol. The van der Waals surface area contributed by atoms with Gasteiger partial charge in [0.25, 0.3) is 0 Å². The molecule has 0 radical (unpaired) electrons. The number of rotatable bonds is 3. The summed E-state index contributed by atoms with van der Waals surface area (Å²) in [6.45, 7) is 0.647. The van der Waals surface area contributed by atoms with E-state index in [9.17, 15) is 9.18 Å². The SMILES string of the molecule is CNC(=O)C1CCCCN1c1ccc(C(N)=S)c(Br)c1F. The van der Waals surface area contributed by atoms with Crippen LogP contribution in [0.4, 0.5) is 10.1 Å². The molecular weight excluding hydrogens is 357 g/mol. The van der Waals surface area contributed by atoms with Crippen molar-refractivity contribution in [3.05, 3.63) is 28.0 Å². The molecule has 0 aromatic heterocycles. The number of likely N-dealkylation sites (N-methyl/N-ethyl adjacent to an activating group) is 1. The minimum Gasteiger partial charge on any atom is -0.389 e. The van der Waals surface area contributed by atoms with Crippen molar-refractivity contribution in [2.24, 2.45) is 5.73 Å². The number of nitrogens with two attached hydrogens (primary N) is 1. The molecule has 1 heterocycles. The van der Waals surface area contributed by atoms with Gasteiger partial charge < -0.3 is 16.0 Å². The van der Waals surface area contributed by atoms with Crippen LogP contribution in [-0.2, 0) is 4.79 Å². The zero-order valence-corrected chi connectivity index (χ0v) is 14.1.